The van der Waals surface area contributed by atoms with Crippen LogP contribution in [0.2, 0.25) is 0 Å². The van der Waals surface area contributed by atoms with Crippen molar-refractivity contribution in [3.63, 3.8) is 0 Å². The summed E-state index contributed by atoms with van der Waals surface area (Å²) in [5.74, 6) is -1.38. The molecule has 0 radical (unpaired) electrons. The van der Waals surface area contributed by atoms with E-state index in [1.807, 2.05) is 19.2 Å². The Labute approximate surface area is 198 Å². The fourth-order valence-corrected chi connectivity index (χ4v) is 4.60. The summed E-state index contributed by atoms with van der Waals surface area (Å²) in [5, 5.41) is 7.54. The lowest BCUT2D eigenvalue weighted by Crippen LogP contribution is -2.48. The van der Waals surface area contributed by atoms with Gasteiger partial charge in [0.25, 0.3) is 5.91 Å². The van der Waals surface area contributed by atoms with Gasteiger partial charge in [0.05, 0.1) is 10.9 Å². The minimum atomic E-state index is -5.18. The molecule has 0 bridgehead atoms. The Morgan fingerprint density at radius 1 is 1.26 bits per heavy atom. The maximum absolute atomic E-state index is 13.0. The molecule has 35 heavy (non-hydrogen) atoms. The lowest BCUT2D eigenvalue weighted by molar-refractivity contribution is -0.274. The molecule has 1 saturated heterocycles. The van der Waals surface area contributed by atoms with Gasteiger partial charge in [-0.1, -0.05) is 0 Å². The van der Waals surface area contributed by atoms with Gasteiger partial charge in [-0.25, -0.2) is 4.98 Å². The van der Waals surface area contributed by atoms with Crippen molar-refractivity contribution in [1.82, 2.24) is 15.6 Å². The number of rotatable bonds is 5. The second-order valence-electron chi connectivity index (χ2n) is 8.49. The van der Waals surface area contributed by atoms with Crippen LogP contribution in [0.3, 0.4) is 0 Å². The normalized spacial score (nSPS) is 20.8. The summed E-state index contributed by atoms with van der Waals surface area (Å²) < 4.78 is 92.3. The Kier molecular flexibility index (Phi) is 7.41. The zero-order valence-corrected chi connectivity index (χ0v) is 19.4. The number of carbonyl (C=O) groups is 1. The van der Waals surface area contributed by atoms with Crippen LogP contribution in [0.1, 0.15) is 30.8 Å². The molecule has 2 unspecified atom stereocenters. The molecule has 1 aliphatic heterocycles. The van der Waals surface area contributed by atoms with E-state index in [2.05, 4.69) is 20.4 Å². The van der Waals surface area contributed by atoms with Gasteiger partial charge in [-0.2, -0.15) is 13.2 Å². The first-order chi connectivity index (χ1) is 16.0. The predicted molar refractivity (Wildman–Crippen MR) is 118 cm³/mol. The average Bonchev–Trinajstić information content (AvgIpc) is 2.84. The number of carbonyl (C=O) groups excluding carboxylic acids is 1. The fraction of sp³-hybridized carbons (Fsp3) is 0.500. The van der Waals surface area contributed by atoms with Gasteiger partial charge in [0.1, 0.15) is 17.8 Å². The molecule has 5 N–H and O–H groups in total. The highest BCUT2D eigenvalue weighted by atomic mass is 32.2. The Balaban J connectivity index is 1.93. The second-order valence-corrected chi connectivity index (χ2v) is 10.7. The smallest absolute Gasteiger partial charge is 0.403 e. The number of ether oxygens (including phenoxy) is 1. The maximum Gasteiger partial charge on any atom is 0.573 e. The molecule has 1 aromatic heterocycles. The summed E-state index contributed by atoms with van der Waals surface area (Å²) in [6, 6.07) is 2.87. The van der Waals surface area contributed by atoms with Crippen molar-refractivity contribution in [2.45, 2.75) is 43.7 Å². The van der Waals surface area contributed by atoms with Crippen LogP contribution in [0, 0.1) is 0 Å². The van der Waals surface area contributed by atoms with Crippen LogP contribution >= 0.6 is 0 Å². The van der Waals surface area contributed by atoms with Crippen LogP contribution in [-0.4, -0.2) is 57.4 Å². The number of amides is 1. The minimum Gasteiger partial charge on any atom is -0.403 e. The van der Waals surface area contributed by atoms with E-state index in [4.69, 9.17) is 5.73 Å². The summed E-state index contributed by atoms with van der Waals surface area (Å²) in [6.45, 7) is 2.46. The Bertz CT molecular complexity index is 1140. The van der Waals surface area contributed by atoms with E-state index in [0.29, 0.717) is 24.8 Å². The number of hydrogen-bond donors (Lipinski definition) is 4. The van der Waals surface area contributed by atoms with Gasteiger partial charge in [0.2, 0.25) is 0 Å². The summed E-state index contributed by atoms with van der Waals surface area (Å²) in [4.78, 5) is 16.7. The third kappa shape index (κ3) is 7.10. The maximum atomic E-state index is 13.0. The first-order valence-corrected chi connectivity index (χ1v) is 11.6. The second kappa shape index (κ2) is 9.68. The predicted octanol–water partition coefficient (Wildman–Crippen LogP) is 3.27. The third-order valence-electron chi connectivity index (χ3n) is 5.15. The molecule has 2 aromatic rings. The standard InChI is InChI=1S/C20H23F6N5O3S/c1-18(2)8-29-15(3-4-35(18)33)31-17(32)13-7-12(27)11-5-10(28-9-19(21,22)23)6-14(16(11)30-13)34-20(24,25)26/h5-7,15,28-29H,3-4,8-9H2,1-2H3,(H2,27,30)(H,31,32). The number of fused-ring (bicyclic) bond motifs is 1. The van der Waals surface area contributed by atoms with E-state index in [9.17, 15) is 35.3 Å². The number of nitrogen functional groups attached to an aromatic ring is 1. The summed E-state index contributed by atoms with van der Waals surface area (Å²) in [7, 11) is -1.14. The van der Waals surface area contributed by atoms with E-state index in [-0.39, 0.29) is 22.5 Å². The van der Waals surface area contributed by atoms with E-state index in [0.717, 1.165) is 12.1 Å². The number of benzene rings is 1. The number of aromatic nitrogens is 1. The Morgan fingerprint density at radius 3 is 2.57 bits per heavy atom. The molecule has 3 rings (SSSR count). The largest absolute Gasteiger partial charge is 0.573 e. The zero-order valence-electron chi connectivity index (χ0n) is 18.6. The number of hydrogen-bond acceptors (Lipinski definition) is 7. The van der Waals surface area contributed by atoms with Crippen molar-refractivity contribution in [2.75, 3.05) is 29.9 Å². The molecule has 8 nitrogen and oxygen atoms in total. The van der Waals surface area contributed by atoms with Gasteiger partial charge in [-0.05, 0) is 32.4 Å². The molecule has 2 atom stereocenters. The first kappa shape index (κ1) is 26.8. The molecule has 15 heteroatoms. The van der Waals surface area contributed by atoms with E-state index in [1.165, 1.54) is 0 Å². The molecule has 194 valence electrons. The molecule has 0 spiro atoms. The average molecular weight is 527 g/mol. The quantitative estimate of drug-likeness (QED) is 0.441. The van der Waals surface area contributed by atoms with Crippen LogP contribution < -0.4 is 26.4 Å². The van der Waals surface area contributed by atoms with Gasteiger partial charge in [-0.15, -0.1) is 13.2 Å². The summed E-state index contributed by atoms with van der Waals surface area (Å²) in [6.07, 6.45) is -10.1. The number of nitrogens with one attached hydrogen (secondary N) is 3. The van der Waals surface area contributed by atoms with Gasteiger partial charge in [0.15, 0.2) is 5.75 Å². The first-order valence-electron chi connectivity index (χ1n) is 10.3. The van der Waals surface area contributed by atoms with Crippen LogP contribution in [0.4, 0.5) is 37.7 Å². The molecule has 1 amide bonds. The summed E-state index contributed by atoms with van der Waals surface area (Å²) in [5.41, 5.74) is 4.61. The van der Waals surface area contributed by atoms with E-state index in [1.54, 1.807) is 0 Å². The Hall–Kier alpha value is -2.81. The number of anilines is 2. The number of alkyl halides is 6. The van der Waals surface area contributed by atoms with Crippen molar-refractivity contribution in [3.8, 4) is 5.75 Å². The van der Waals surface area contributed by atoms with Crippen molar-refractivity contribution < 1.29 is 40.1 Å². The number of halogens is 6. The number of nitrogens with two attached hydrogens (primary N) is 1. The van der Waals surface area contributed by atoms with Crippen LogP contribution in [-0.2, 0) is 10.8 Å². The number of pyridine rings is 1. The minimum absolute atomic E-state index is 0.141. The van der Waals surface area contributed by atoms with Crippen LogP contribution in [0.5, 0.6) is 5.75 Å². The highest BCUT2D eigenvalue weighted by Crippen LogP contribution is 2.36. The monoisotopic (exact) mass is 527 g/mol. The van der Waals surface area contributed by atoms with Crippen LogP contribution in [0.15, 0.2) is 18.2 Å². The zero-order chi connectivity index (χ0) is 26.2. The highest BCUT2D eigenvalue weighted by Gasteiger charge is 2.34. The van der Waals surface area contributed by atoms with Crippen molar-refractivity contribution in [3.05, 3.63) is 23.9 Å². The Morgan fingerprint density at radius 2 is 1.94 bits per heavy atom. The third-order valence-corrected chi connectivity index (χ3v) is 7.13. The molecular weight excluding hydrogens is 504 g/mol. The van der Waals surface area contributed by atoms with Crippen molar-refractivity contribution >= 4 is 39.0 Å². The topological polar surface area (TPSA) is 118 Å². The molecule has 0 saturated carbocycles. The molecular formula is C20H23F6N5O3S. The molecule has 1 aromatic carbocycles. The lowest BCUT2D eigenvalue weighted by atomic mass is 10.1. The van der Waals surface area contributed by atoms with Gasteiger partial charge >= 0.3 is 12.5 Å². The van der Waals surface area contributed by atoms with Crippen molar-refractivity contribution in [1.29, 1.82) is 0 Å². The lowest BCUT2D eigenvalue weighted by Gasteiger charge is -2.22. The van der Waals surface area contributed by atoms with Gasteiger partial charge < -0.3 is 21.1 Å². The van der Waals surface area contributed by atoms with E-state index >= 15 is 0 Å². The molecule has 0 aliphatic carbocycles. The van der Waals surface area contributed by atoms with E-state index < -0.39 is 58.0 Å². The molecule has 1 aliphatic rings. The van der Waals surface area contributed by atoms with Crippen LogP contribution in [0.25, 0.3) is 10.9 Å². The highest BCUT2D eigenvalue weighted by molar-refractivity contribution is 7.86. The van der Waals surface area contributed by atoms with Crippen molar-refractivity contribution in [2.24, 2.45) is 0 Å². The molecule has 1 fully saturated rings. The summed E-state index contributed by atoms with van der Waals surface area (Å²) >= 11 is 0. The SMILES string of the molecule is CC1(C)CNC(NC(=O)c2cc(N)c3cc(NCC(F)(F)F)cc(OC(F)(F)F)c3n2)CCS1=O. The number of nitrogens with zero attached hydrogens (tertiary/aromatic N) is 1. The fourth-order valence-electron chi connectivity index (χ4n) is 3.35. The van der Waals surface area contributed by atoms with Gasteiger partial charge in [-0.3, -0.25) is 14.3 Å². The van der Waals surface area contributed by atoms with Gasteiger partial charge in [0, 0.05) is 45.9 Å². The molecule has 2 heterocycles.